The van der Waals surface area contributed by atoms with Crippen LogP contribution in [0.4, 0.5) is 0 Å². The summed E-state index contributed by atoms with van der Waals surface area (Å²) in [7, 11) is -3.63. The second kappa shape index (κ2) is 4.51. The molecule has 18 heavy (non-hydrogen) atoms. The SMILES string of the molecule is CCCNS(=O)(=O)c1ccc2c(c1)C(=O)NC2=O. The van der Waals surface area contributed by atoms with Crippen molar-refractivity contribution in [2.24, 2.45) is 0 Å². The van der Waals surface area contributed by atoms with Crippen LogP contribution in [0.15, 0.2) is 23.1 Å². The van der Waals surface area contributed by atoms with Crippen LogP contribution in [0.25, 0.3) is 0 Å². The Hall–Kier alpha value is -1.73. The fourth-order valence-corrected chi connectivity index (χ4v) is 2.79. The molecule has 0 unspecified atom stereocenters. The number of fused-ring (bicyclic) bond motifs is 1. The van der Waals surface area contributed by atoms with E-state index in [1.165, 1.54) is 18.2 Å². The van der Waals surface area contributed by atoms with Gasteiger partial charge in [-0.2, -0.15) is 0 Å². The molecular weight excluding hydrogens is 256 g/mol. The number of nitrogens with one attached hydrogen (secondary N) is 2. The molecule has 1 aromatic carbocycles. The largest absolute Gasteiger partial charge is 0.288 e. The van der Waals surface area contributed by atoms with Crippen LogP contribution in [-0.4, -0.2) is 26.8 Å². The third kappa shape index (κ3) is 2.14. The minimum Gasteiger partial charge on any atom is -0.288 e. The van der Waals surface area contributed by atoms with Crippen molar-refractivity contribution in [3.8, 4) is 0 Å². The first-order chi connectivity index (χ1) is 8.45. The van der Waals surface area contributed by atoms with Gasteiger partial charge in [0.05, 0.1) is 16.0 Å². The highest BCUT2D eigenvalue weighted by molar-refractivity contribution is 7.89. The van der Waals surface area contributed by atoms with Gasteiger partial charge >= 0.3 is 0 Å². The molecule has 0 radical (unpaired) electrons. The molecule has 2 amide bonds. The van der Waals surface area contributed by atoms with E-state index in [1.807, 2.05) is 6.92 Å². The Labute approximate surface area is 104 Å². The molecule has 0 aliphatic carbocycles. The molecule has 0 bridgehead atoms. The first-order valence-electron chi connectivity index (χ1n) is 5.45. The highest BCUT2D eigenvalue weighted by Gasteiger charge is 2.28. The van der Waals surface area contributed by atoms with E-state index in [4.69, 9.17) is 0 Å². The van der Waals surface area contributed by atoms with E-state index in [-0.39, 0.29) is 16.0 Å². The van der Waals surface area contributed by atoms with E-state index < -0.39 is 21.8 Å². The Morgan fingerprint density at radius 2 is 1.83 bits per heavy atom. The molecule has 1 aromatic rings. The van der Waals surface area contributed by atoms with Crippen molar-refractivity contribution in [3.63, 3.8) is 0 Å². The minimum atomic E-state index is -3.63. The highest BCUT2D eigenvalue weighted by atomic mass is 32.2. The fraction of sp³-hybridized carbons (Fsp3) is 0.273. The number of sulfonamides is 1. The van der Waals surface area contributed by atoms with E-state index >= 15 is 0 Å². The van der Waals surface area contributed by atoms with E-state index in [0.717, 1.165) is 0 Å². The quantitative estimate of drug-likeness (QED) is 0.766. The van der Waals surface area contributed by atoms with Crippen LogP contribution in [0, 0.1) is 0 Å². The van der Waals surface area contributed by atoms with Crippen LogP contribution >= 0.6 is 0 Å². The van der Waals surface area contributed by atoms with Gasteiger partial charge in [-0.3, -0.25) is 14.9 Å². The predicted octanol–water partition coefficient (Wildman–Crippen LogP) is 0.259. The van der Waals surface area contributed by atoms with E-state index in [1.54, 1.807) is 0 Å². The lowest BCUT2D eigenvalue weighted by molar-refractivity contribution is 0.0879. The maximum atomic E-state index is 11.9. The van der Waals surface area contributed by atoms with Crippen molar-refractivity contribution in [2.45, 2.75) is 18.2 Å². The van der Waals surface area contributed by atoms with E-state index in [9.17, 15) is 18.0 Å². The summed E-state index contributed by atoms with van der Waals surface area (Å²) in [4.78, 5) is 22.7. The molecule has 1 aliphatic rings. The van der Waals surface area contributed by atoms with Gasteiger partial charge in [0.2, 0.25) is 10.0 Å². The Morgan fingerprint density at radius 1 is 1.17 bits per heavy atom. The van der Waals surface area contributed by atoms with Crippen LogP contribution < -0.4 is 10.0 Å². The molecule has 1 heterocycles. The van der Waals surface area contributed by atoms with Gasteiger partial charge in [-0.15, -0.1) is 0 Å². The molecule has 1 aliphatic heterocycles. The Morgan fingerprint density at radius 3 is 2.50 bits per heavy atom. The number of amides is 2. The topological polar surface area (TPSA) is 92.3 Å². The molecule has 0 fully saturated rings. The van der Waals surface area contributed by atoms with Crippen LogP contribution in [0.1, 0.15) is 34.1 Å². The summed E-state index contributed by atoms with van der Waals surface area (Å²) in [6.07, 6.45) is 0.670. The Bertz CT molecular complexity index is 622. The summed E-state index contributed by atoms with van der Waals surface area (Å²) in [5, 5.41) is 2.11. The van der Waals surface area contributed by atoms with Gasteiger partial charge in [0, 0.05) is 6.54 Å². The number of carbonyl (C=O) groups is 2. The second-order valence-electron chi connectivity index (χ2n) is 3.89. The Balaban J connectivity index is 2.41. The molecule has 0 spiro atoms. The summed E-state index contributed by atoms with van der Waals surface area (Å²) in [6, 6.07) is 3.87. The average Bonchev–Trinajstić information content (AvgIpc) is 2.62. The number of carbonyl (C=O) groups excluding carboxylic acids is 2. The molecule has 0 aromatic heterocycles. The zero-order chi connectivity index (χ0) is 13.3. The first-order valence-corrected chi connectivity index (χ1v) is 6.93. The van der Waals surface area contributed by atoms with Crippen molar-refractivity contribution in [1.82, 2.24) is 10.0 Å². The van der Waals surface area contributed by atoms with Crippen molar-refractivity contribution >= 4 is 21.8 Å². The summed E-state index contributed by atoms with van der Waals surface area (Å²) in [5.41, 5.74) is 0.300. The Kier molecular flexibility index (Phi) is 3.18. The van der Waals surface area contributed by atoms with Gasteiger partial charge in [0.15, 0.2) is 0 Å². The number of hydrogen-bond donors (Lipinski definition) is 2. The third-order valence-corrected chi connectivity index (χ3v) is 4.02. The number of benzene rings is 1. The van der Waals surface area contributed by atoms with Gasteiger partial charge in [0.1, 0.15) is 0 Å². The molecule has 96 valence electrons. The standard InChI is InChI=1S/C11H12N2O4S/c1-2-5-12-18(16,17)7-3-4-8-9(6-7)11(15)13-10(8)14/h3-4,6,12H,2,5H2,1H3,(H,13,14,15). The lowest BCUT2D eigenvalue weighted by Crippen LogP contribution is -2.24. The lowest BCUT2D eigenvalue weighted by atomic mass is 10.1. The smallest absolute Gasteiger partial charge is 0.258 e. The summed E-state index contributed by atoms with van der Waals surface area (Å²) < 4.78 is 26.1. The van der Waals surface area contributed by atoms with Gasteiger partial charge in [-0.05, 0) is 24.6 Å². The molecule has 0 saturated heterocycles. The van der Waals surface area contributed by atoms with Gasteiger partial charge in [-0.1, -0.05) is 6.92 Å². The minimum absolute atomic E-state index is 0.0143. The lowest BCUT2D eigenvalue weighted by Gasteiger charge is -2.06. The normalized spacial score (nSPS) is 14.5. The molecule has 0 saturated carbocycles. The molecule has 2 N–H and O–H groups in total. The van der Waals surface area contributed by atoms with Crippen molar-refractivity contribution in [1.29, 1.82) is 0 Å². The number of hydrogen-bond acceptors (Lipinski definition) is 4. The van der Waals surface area contributed by atoms with Crippen molar-refractivity contribution in [2.75, 3.05) is 6.54 Å². The maximum Gasteiger partial charge on any atom is 0.258 e. The predicted molar refractivity (Wildman–Crippen MR) is 63.7 cm³/mol. The van der Waals surface area contributed by atoms with E-state index in [0.29, 0.717) is 13.0 Å². The first kappa shape index (κ1) is 12.7. The van der Waals surface area contributed by atoms with Crippen molar-refractivity contribution < 1.29 is 18.0 Å². The number of imide groups is 1. The second-order valence-corrected chi connectivity index (χ2v) is 5.66. The van der Waals surface area contributed by atoms with Crippen LogP contribution in [-0.2, 0) is 10.0 Å². The zero-order valence-electron chi connectivity index (χ0n) is 9.69. The summed E-state index contributed by atoms with van der Waals surface area (Å²) in [6.45, 7) is 2.17. The van der Waals surface area contributed by atoms with Crippen molar-refractivity contribution in [3.05, 3.63) is 29.3 Å². The van der Waals surface area contributed by atoms with Crippen LogP contribution in [0.2, 0.25) is 0 Å². The molecular formula is C11H12N2O4S. The van der Waals surface area contributed by atoms with Crippen LogP contribution in [0.3, 0.4) is 0 Å². The zero-order valence-corrected chi connectivity index (χ0v) is 10.5. The molecule has 0 atom stereocenters. The number of rotatable bonds is 4. The molecule has 2 rings (SSSR count). The van der Waals surface area contributed by atoms with Crippen LogP contribution in [0.5, 0.6) is 0 Å². The molecule has 7 heteroatoms. The van der Waals surface area contributed by atoms with Gasteiger partial charge < -0.3 is 0 Å². The fourth-order valence-electron chi connectivity index (χ4n) is 1.63. The van der Waals surface area contributed by atoms with E-state index in [2.05, 4.69) is 10.0 Å². The monoisotopic (exact) mass is 268 g/mol. The highest BCUT2D eigenvalue weighted by Crippen LogP contribution is 2.20. The van der Waals surface area contributed by atoms with Gasteiger partial charge in [-0.25, -0.2) is 13.1 Å². The summed E-state index contributed by atoms with van der Waals surface area (Å²) in [5.74, 6) is -1.07. The maximum absolute atomic E-state index is 11.9. The third-order valence-electron chi connectivity index (χ3n) is 2.56. The average molecular weight is 268 g/mol. The molecule has 6 nitrogen and oxygen atoms in total. The summed E-state index contributed by atoms with van der Waals surface area (Å²) >= 11 is 0. The van der Waals surface area contributed by atoms with Gasteiger partial charge in [0.25, 0.3) is 11.8 Å².